The summed E-state index contributed by atoms with van der Waals surface area (Å²) in [4.78, 5) is 13.4. The van der Waals surface area contributed by atoms with Gasteiger partial charge in [0.05, 0.1) is 6.54 Å². The highest BCUT2D eigenvalue weighted by molar-refractivity contribution is 5.77. The summed E-state index contributed by atoms with van der Waals surface area (Å²) in [6, 6.07) is 0.414. The molecule has 0 aromatic rings. The molecule has 1 amide bonds. The summed E-state index contributed by atoms with van der Waals surface area (Å²) in [5.41, 5.74) is 0. The molecule has 0 aromatic carbocycles. The van der Waals surface area contributed by atoms with E-state index in [1.54, 1.807) is 0 Å². The first kappa shape index (κ1) is 14.4. The number of rotatable bonds is 8. The third kappa shape index (κ3) is 9.69. The number of nitrogens with zero attached hydrogens (tertiary/aromatic N) is 1. The van der Waals surface area contributed by atoms with Crippen molar-refractivity contribution in [2.45, 2.75) is 32.7 Å². The topological polar surface area (TPSA) is 44.4 Å². The van der Waals surface area contributed by atoms with E-state index in [1.165, 1.54) is 0 Å². The lowest BCUT2D eigenvalue weighted by Crippen LogP contribution is -2.38. The van der Waals surface area contributed by atoms with E-state index < -0.39 is 0 Å². The van der Waals surface area contributed by atoms with E-state index in [0.29, 0.717) is 12.6 Å². The van der Waals surface area contributed by atoms with Crippen LogP contribution >= 0.6 is 0 Å². The van der Waals surface area contributed by atoms with Gasteiger partial charge in [0.1, 0.15) is 0 Å². The Labute approximate surface area is 93.4 Å². The summed E-state index contributed by atoms with van der Waals surface area (Å²) in [7, 11) is 4.07. The first-order chi connectivity index (χ1) is 7.06. The summed E-state index contributed by atoms with van der Waals surface area (Å²) in [6.07, 6.45) is 2.05. The van der Waals surface area contributed by atoms with E-state index in [-0.39, 0.29) is 5.91 Å². The molecule has 2 N–H and O–H groups in total. The normalized spacial score (nSPS) is 12.9. The first-order valence-corrected chi connectivity index (χ1v) is 5.71. The van der Waals surface area contributed by atoms with Crippen LogP contribution in [-0.4, -0.2) is 50.6 Å². The highest BCUT2D eigenvalue weighted by atomic mass is 16.1. The molecule has 0 radical (unpaired) electrons. The summed E-state index contributed by atoms with van der Waals surface area (Å²) >= 11 is 0. The molecule has 1 unspecified atom stereocenters. The summed E-state index contributed by atoms with van der Waals surface area (Å²) in [5.74, 6) is 0.0917. The summed E-state index contributed by atoms with van der Waals surface area (Å²) < 4.78 is 0. The number of carbonyl (C=O) groups is 1. The molecule has 0 spiro atoms. The fraction of sp³-hybridized carbons (Fsp3) is 0.909. The lowest BCUT2D eigenvalue weighted by molar-refractivity contribution is -0.120. The third-order valence-electron chi connectivity index (χ3n) is 2.33. The van der Waals surface area contributed by atoms with Gasteiger partial charge < -0.3 is 15.5 Å². The van der Waals surface area contributed by atoms with Crippen molar-refractivity contribution in [3.63, 3.8) is 0 Å². The number of amides is 1. The van der Waals surface area contributed by atoms with Gasteiger partial charge >= 0.3 is 0 Å². The molecule has 0 aliphatic carbocycles. The predicted molar refractivity (Wildman–Crippen MR) is 63.9 cm³/mol. The van der Waals surface area contributed by atoms with Gasteiger partial charge in [-0.3, -0.25) is 4.79 Å². The van der Waals surface area contributed by atoms with Crippen molar-refractivity contribution < 1.29 is 4.79 Å². The number of hydrogen-bond acceptors (Lipinski definition) is 3. The Morgan fingerprint density at radius 2 is 2.07 bits per heavy atom. The predicted octanol–water partition coefficient (Wildman–Crippen LogP) is 0.442. The molecule has 90 valence electrons. The lowest BCUT2D eigenvalue weighted by atomic mass is 10.2. The fourth-order valence-electron chi connectivity index (χ4n) is 1.10. The second-order valence-corrected chi connectivity index (χ2v) is 4.20. The molecule has 15 heavy (non-hydrogen) atoms. The molecule has 0 saturated carbocycles. The Morgan fingerprint density at radius 1 is 1.40 bits per heavy atom. The van der Waals surface area contributed by atoms with Crippen molar-refractivity contribution in [3.8, 4) is 0 Å². The highest BCUT2D eigenvalue weighted by Crippen LogP contribution is 1.86. The van der Waals surface area contributed by atoms with Crippen LogP contribution in [0.5, 0.6) is 0 Å². The zero-order chi connectivity index (χ0) is 11.7. The number of nitrogens with one attached hydrogen (secondary N) is 2. The molecule has 0 aromatic heterocycles. The van der Waals surface area contributed by atoms with Gasteiger partial charge in [0.15, 0.2) is 0 Å². The smallest absolute Gasteiger partial charge is 0.233 e. The average Bonchev–Trinajstić information content (AvgIpc) is 2.20. The Bertz CT molecular complexity index is 171. The van der Waals surface area contributed by atoms with Gasteiger partial charge in [-0.15, -0.1) is 0 Å². The molecule has 0 bridgehead atoms. The third-order valence-corrected chi connectivity index (χ3v) is 2.33. The van der Waals surface area contributed by atoms with Gasteiger partial charge in [-0.2, -0.15) is 0 Å². The second kappa shape index (κ2) is 8.68. The molecular formula is C11H25N3O. The maximum absolute atomic E-state index is 11.3. The van der Waals surface area contributed by atoms with Crippen LogP contribution in [0, 0.1) is 0 Å². The minimum absolute atomic E-state index is 0.0917. The number of carbonyl (C=O) groups excluding carboxylic acids is 1. The molecule has 1 atom stereocenters. The molecule has 4 nitrogen and oxygen atoms in total. The number of hydrogen-bond donors (Lipinski definition) is 2. The van der Waals surface area contributed by atoms with Crippen LogP contribution in [0.1, 0.15) is 26.7 Å². The molecule has 0 rings (SSSR count). The zero-order valence-corrected chi connectivity index (χ0v) is 10.5. The van der Waals surface area contributed by atoms with Crippen molar-refractivity contribution in [1.82, 2.24) is 15.5 Å². The second-order valence-electron chi connectivity index (χ2n) is 4.20. The van der Waals surface area contributed by atoms with E-state index >= 15 is 0 Å². The van der Waals surface area contributed by atoms with Crippen molar-refractivity contribution in [1.29, 1.82) is 0 Å². The van der Waals surface area contributed by atoms with Gasteiger partial charge in [-0.1, -0.05) is 6.92 Å². The van der Waals surface area contributed by atoms with Crippen LogP contribution in [-0.2, 0) is 4.79 Å². The molecule has 0 heterocycles. The molecular weight excluding hydrogens is 190 g/mol. The van der Waals surface area contributed by atoms with Gasteiger partial charge in [0.2, 0.25) is 5.91 Å². The molecule has 0 aliphatic rings. The Morgan fingerprint density at radius 3 is 2.60 bits per heavy atom. The van der Waals surface area contributed by atoms with Crippen LogP contribution in [0.15, 0.2) is 0 Å². The molecule has 0 saturated heterocycles. The van der Waals surface area contributed by atoms with Crippen LogP contribution < -0.4 is 10.6 Å². The zero-order valence-electron chi connectivity index (χ0n) is 10.5. The van der Waals surface area contributed by atoms with E-state index in [9.17, 15) is 4.79 Å². The van der Waals surface area contributed by atoms with Crippen LogP contribution in [0.4, 0.5) is 0 Å². The van der Waals surface area contributed by atoms with Crippen molar-refractivity contribution in [3.05, 3.63) is 0 Å². The van der Waals surface area contributed by atoms with Gasteiger partial charge in [-0.05, 0) is 40.4 Å². The Hall–Kier alpha value is -0.610. The van der Waals surface area contributed by atoms with E-state index in [2.05, 4.69) is 29.4 Å². The maximum Gasteiger partial charge on any atom is 0.233 e. The lowest BCUT2D eigenvalue weighted by Gasteiger charge is -2.12. The molecule has 4 heteroatoms. The highest BCUT2D eigenvalue weighted by Gasteiger charge is 2.02. The minimum Gasteiger partial charge on any atom is -0.355 e. The standard InChI is InChI=1S/C11H25N3O/c1-5-10(2)13-9-11(15)12-7-6-8-14(3)4/h10,13H,5-9H2,1-4H3,(H,12,15). The Kier molecular flexibility index (Phi) is 8.33. The Balaban J connectivity index is 3.34. The van der Waals surface area contributed by atoms with Crippen molar-refractivity contribution in [2.75, 3.05) is 33.7 Å². The SMILES string of the molecule is CCC(C)NCC(=O)NCCCN(C)C. The fourth-order valence-corrected chi connectivity index (χ4v) is 1.10. The van der Waals surface area contributed by atoms with E-state index in [4.69, 9.17) is 0 Å². The minimum atomic E-state index is 0.0917. The monoisotopic (exact) mass is 215 g/mol. The summed E-state index contributed by atoms with van der Waals surface area (Å²) in [5, 5.41) is 6.05. The van der Waals surface area contributed by atoms with Crippen LogP contribution in [0.3, 0.4) is 0 Å². The average molecular weight is 215 g/mol. The van der Waals surface area contributed by atoms with Gasteiger partial charge in [-0.25, -0.2) is 0 Å². The quantitative estimate of drug-likeness (QED) is 0.578. The van der Waals surface area contributed by atoms with E-state index in [0.717, 1.165) is 25.9 Å². The first-order valence-electron chi connectivity index (χ1n) is 5.71. The van der Waals surface area contributed by atoms with Gasteiger partial charge in [0, 0.05) is 12.6 Å². The van der Waals surface area contributed by atoms with E-state index in [1.807, 2.05) is 14.1 Å². The van der Waals surface area contributed by atoms with Crippen LogP contribution in [0.2, 0.25) is 0 Å². The maximum atomic E-state index is 11.3. The van der Waals surface area contributed by atoms with Crippen LogP contribution in [0.25, 0.3) is 0 Å². The molecule has 0 fully saturated rings. The van der Waals surface area contributed by atoms with Crippen molar-refractivity contribution in [2.24, 2.45) is 0 Å². The molecule has 0 aliphatic heterocycles. The van der Waals surface area contributed by atoms with Gasteiger partial charge in [0.25, 0.3) is 0 Å². The largest absolute Gasteiger partial charge is 0.355 e. The summed E-state index contributed by atoms with van der Waals surface area (Å²) in [6.45, 7) is 6.39. The van der Waals surface area contributed by atoms with Crippen molar-refractivity contribution >= 4 is 5.91 Å².